The second kappa shape index (κ2) is 9.51. The molecule has 1 aliphatic rings. The minimum atomic E-state index is -1.06. The number of carbonyl (C=O) groups is 1. The van der Waals surface area contributed by atoms with Gasteiger partial charge in [-0.25, -0.2) is 13.8 Å². The second-order valence-electron chi connectivity index (χ2n) is 11.2. The van der Waals surface area contributed by atoms with Gasteiger partial charge in [0.2, 0.25) is 5.91 Å². The van der Waals surface area contributed by atoms with Crippen molar-refractivity contribution in [2.75, 3.05) is 0 Å². The molecule has 0 saturated heterocycles. The lowest BCUT2D eigenvalue weighted by atomic mass is 9.88. The van der Waals surface area contributed by atoms with Crippen LogP contribution in [0.2, 0.25) is 5.02 Å². The summed E-state index contributed by atoms with van der Waals surface area (Å²) in [5.41, 5.74) is 10.2. The molecule has 4 aromatic carbocycles. The molecule has 42 heavy (non-hydrogen) atoms. The molecule has 0 bridgehead atoms. The quantitative estimate of drug-likeness (QED) is 0.291. The molecule has 6 rings (SSSR count). The fraction of sp³-hybridized carbons (Fsp3) is 0.182. The summed E-state index contributed by atoms with van der Waals surface area (Å²) < 4.78 is 16.3. The van der Waals surface area contributed by atoms with E-state index in [4.69, 9.17) is 17.3 Å². The predicted octanol–water partition coefficient (Wildman–Crippen LogP) is 5.35. The van der Waals surface area contributed by atoms with E-state index in [2.05, 4.69) is 0 Å². The maximum atomic E-state index is 13.9. The van der Waals surface area contributed by atoms with Gasteiger partial charge in [0.15, 0.2) is 0 Å². The first-order valence-corrected chi connectivity index (χ1v) is 13.7. The van der Waals surface area contributed by atoms with E-state index in [-0.39, 0.29) is 15.9 Å². The summed E-state index contributed by atoms with van der Waals surface area (Å²) in [4.78, 5) is 39.6. The lowest BCUT2D eigenvalue weighted by Crippen LogP contribution is -2.38. The number of nitrogens with two attached hydrogens (primary N) is 1. The van der Waals surface area contributed by atoms with Crippen molar-refractivity contribution in [3.63, 3.8) is 0 Å². The molecule has 3 N–H and O–H groups in total. The Hall–Kier alpha value is -4.53. The first-order valence-electron chi connectivity index (χ1n) is 13.3. The predicted molar refractivity (Wildman–Crippen MR) is 162 cm³/mol. The summed E-state index contributed by atoms with van der Waals surface area (Å²) in [5.74, 6) is -1.16. The molecule has 0 aliphatic heterocycles. The summed E-state index contributed by atoms with van der Waals surface area (Å²) >= 11 is 6.90. The number of primary amides is 1. The molecule has 0 spiro atoms. The summed E-state index contributed by atoms with van der Waals surface area (Å²) in [6, 6.07) is 16.2. The van der Waals surface area contributed by atoms with Gasteiger partial charge in [0.1, 0.15) is 5.82 Å². The number of carbonyl (C=O) groups excluding carboxylic acids is 1. The van der Waals surface area contributed by atoms with Crippen LogP contribution in [-0.2, 0) is 19.1 Å². The van der Waals surface area contributed by atoms with Gasteiger partial charge in [0.25, 0.3) is 5.56 Å². The number of halogens is 2. The fourth-order valence-corrected chi connectivity index (χ4v) is 6.29. The average molecular weight is 584 g/mol. The van der Waals surface area contributed by atoms with E-state index in [0.717, 1.165) is 38.5 Å². The Morgan fingerprint density at radius 2 is 1.76 bits per heavy atom. The number of nitrogens with zero attached hydrogens (tertiary/aromatic N) is 2. The Labute approximate surface area is 245 Å². The number of benzene rings is 4. The largest absolute Gasteiger partial charge is 0.386 e. The zero-order valence-electron chi connectivity index (χ0n) is 23.4. The van der Waals surface area contributed by atoms with Crippen molar-refractivity contribution in [1.82, 2.24) is 9.13 Å². The van der Waals surface area contributed by atoms with Crippen molar-refractivity contribution in [3.8, 4) is 27.9 Å². The van der Waals surface area contributed by atoms with E-state index >= 15 is 0 Å². The fourth-order valence-electron chi connectivity index (χ4n) is 5.98. The molecule has 0 saturated carbocycles. The molecule has 9 heteroatoms. The zero-order chi connectivity index (χ0) is 30.2. The first kappa shape index (κ1) is 27.6. The van der Waals surface area contributed by atoms with Crippen LogP contribution in [0.25, 0.3) is 38.8 Å². The van der Waals surface area contributed by atoms with E-state index in [9.17, 15) is 23.9 Å². The van der Waals surface area contributed by atoms with Crippen LogP contribution in [0.4, 0.5) is 4.39 Å². The standard InChI is InChI=1S/C33H27ClFN3O4/c1-16-20(6-5-7-26(16)38-31(40)22-11-9-19(35)14-27(22)37(4)32(38)41)29-25(34)15-24(30(36)39)23-13-17-12-18(33(2,3)42)8-10-21(17)28(23)29/h5-12,14-15,42H,13H2,1-4H3,(H2,36,39). The van der Waals surface area contributed by atoms with Gasteiger partial charge in [-0.05, 0) is 96.5 Å². The van der Waals surface area contributed by atoms with Gasteiger partial charge in [-0.1, -0.05) is 41.9 Å². The highest BCUT2D eigenvalue weighted by molar-refractivity contribution is 6.35. The van der Waals surface area contributed by atoms with Crippen LogP contribution in [0, 0.1) is 12.7 Å². The summed E-state index contributed by atoms with van der Waals surface area (Å²) in [6.07, 6.45) is 0.414. The zero-order valence-corrected chi connectivity index (χ0v) is 24.1. The Kier molecular flexibility index (Phi) is 6.25. The SMILES string of the molecule is Cc1c(-c2c(Cl)cc(C(N)=O)c3c2-c2ccc(C(C)(C)O)cc2C3)cccc1-n1c(=O)c2ccc(F)cc2n(C)c1=O. The molecule has 1 heterocycles. The molecular weight excluding hydrogens is 557 g/mol. The van der Waals surface area contributed by atoms with Crippen LogP contribution >= 0.6 is 11.6 Å². The number of amides is 1. The van der Waals surface area contributed by atoms with Crippen LogP contribution in [0.1, 0.15) is 46.5 Å². The molecule has 1 aromatic heterocycles. The highest BCUT2D eigenvalue weighted by Gasteiger charge is 2.31. The van der Waals surface area contributed by atoms with Crippen LogP contribution in [0.15, 0.2) is 70.3 Å². The van der Waals surface area contributed by atoms with Crippen molar-refractivity contribution >= 4 is 28.4 Å². The minimum Gasteiger partial charge on any atom is -0.386 e. The number of aliphatic hydroxyl groups is 1. The van der Waals surface area contributed by atoms with Crippen molar-refractivity contribution in [2.24, 2.45) is 12.8 Å². The number of hydrogen-bond acceptors (Lipinski definition) is 4. The van der Waals surface area contributed by atoms with E-state index in [1.807, 2.05) is 24.3 Å². The number of fused-ring (bicyclic) bond motifs is 4. The van der Waals surface area contributed by atoms with Crippen molar-refractivity contribution < 1.29 is 14.3 Å². The van der Waals surface area contributed by atoms with Gasteiger partial charge in [0.05, 0.1) is 22.2 Å². The summed E-state index contributed by atoms with van der Waals surface area (Å²) in [7, 11) is 1.49. The number of aromatic nitrogens is 2. The van der Waals surface area contributed by atoms with Crippen LogP contribution in [0.3, 0.4) is 0 Å². The van der Waals surface area contributed by atoms with E-state index in [0.29, 0.717) is 34.4 Å². The van der Waals surface area contributed by atoms with Crippen LogP contribution in [0.5, 0.6) is 0 Å². The maximum Gasteiger partial charge on any atom is 0.335 e. The van der Waals surface area contributed by atoms with Gasteiger partial charge in [-0.15, -0.1) is 0 Å². The molecule has 7 nitrogen and oxygen atoms in total. The molecule has 1 amide bonds. The Morgan fingerprint density at radius 1 is 1.02 bits per heavy atom. The molecule has 0 fully saturated rings. The highest BCUT2D eigenvalue weighted by atomic mass is 35.5. The number of rotatable bonds is 4. The van der Waals surface area contributed by atoms with Gasteiger partial charge in [0, 0.05) is 23.2 Å². The monoisotopic (exact) mass is 583 g/mol. The molecule has 5 aromatic rings. The van der Waals surface area contributed by atoms with E-state index < -0.39 is 28.6 Å². The Bertz CT molecular complexity index is 2120. The highest BCUT2D eigenvalue weighted by Crippen LogP contribution is 2.49. The Morgan fingerprint density at radius 3 is 2.45 bits per heavy atom. The normalized spacial score (nSPS) is 12.5. The lowest BCUT2D eigenvalue weighted by Gasteiger charge is -2.20. The molecule has 1 aliphatic carbocycles. The smallest absolute Gasteiger partial charge is 0.335 e. The molecule has 0 radical (unpaired) electrons. The van der Waals surface area contributed by atoms with Gasteiger partial charge in [-0.3, -0.25) is 14.2 Å². The third kappa shape index (κ3) is 4.09. The number of hydrogen-bond donors (Lipinski definition) is 2. The molecule has 0 atom stereocenters. The molecule has 0 unspecified atom stereocenters. The van der Waals surface area contributed by atoms with Gasteiger partial charge < -0.3 is 10.8 Å². The topological polar surface area (TPSA) is 107 Å². The Balaban J connectivity index is 1.65. The first-order chi connectivity index (χ1) is 19.8. The minimum absolute atomic E-state index is 0.194. The average Bonchev–Trinajstić information content (AvgIpc) is 3.30. The van der Waals surface area contributed by atoms with E-state index in [1.54, 1.807) is 39.0 Å². The number of aryl methyl sites for hydroxylation is 1. The van der Waals surface area contributed by atoms with Crippen LogP contribution < -0.4 is 17.0 Å². The third-order valence-corrected chi connectivity index (χ3v) is 8.45. The second-order valence-corrected chi connectivity index (χ2v) is 11.6. The van der Waals surface area contributed by atoms with Crippen LogP contribution in [-0.4, -0.2) is 20.1 Å². The van der Waals surface area contributed by atoms with Gasteiger partial charge in [-0.2, -0.15) is 0 Å². The van der Waals surface area contributed by atoms with Gasteiger partial charge >= 0.3 is 5.69 Å². The van der Waals surface area contributed by atoms with Crippen molar-refractivity contribution in [1.29, 1.82) is 0 Å². The summed E-state index contributed by atoms with van der Waals surface area (Å²) in [5, 5.41) is 11.1. The van der Waals surface area contributed by atoms with E-state index in [1.165, 1.54) is 23.7 Å². The van der Waals surface area contributed by atoms with Crippen molar-refractivity contribution in [3.05, 3.63) is 120 Å². The van der Waals surface area contributed by atoms with Crippen molar-refractivity contribution in [2.45, 2.75) is 32.8 Å². The maximum absolute atomic E-state index is 13.9. The summed E-state index contributed by atoms with van der Waals surface area (Å²) in [6.45, 7) is 5.21. The third-order valence-electron chi connectivity index (χ3n) is 8.15. The lowest BCUT2D eigenvalue weighted by molar-refractivity contribution is 0.0785. The molecule has 212 valence electrons. The molecular formula is C33H27ClFN3O4.